The van der Waals surface area contributed by atoms with Crippen LogP contribution in [0.15, 0.2) is 22.1 Å². The molecule has 1 saturated carbocycles. The van der Waals surface area contributed by atoms with Gasteiger partial charge in [0, 0.05) is 30.1 Å². The molecule has 160 valence electrons. The highest BCUT2D eigenvalue weighted by Gasteiger charge is 2.73. The molecule has 3 N–H and O–H groups in total. The van der Waals surface area contributed by atoms with E-state index in [1.54, 1.807) is 6.07 Å². The van der Waals surface area contributed by atoms with Gasteiger partial charge in [-0.15, -0.1) is 0 Å². The first-order valence-corrected chi connectivity index (χ1v) is 11.7. The summed E-state index contributed by atoms with van der Waals surface area (Å²) in [6, 6.07) is 3.86. The van der Waals surface area contributed by atoms with Crippen LogP contribution in [0.2, 0.25) is 0 Å². The quantitative estimate of drug-likeness (QED) is 0.669. The van der Waals surface area contributed by atoms with Gasteiger partial charge in [0.05, 0.1) is 29.8 Å². The molecule has 31 heavy (non-hydrogen) atoms. The molecule has 7 heteroatoms. The molecule has 7 nitrogen and oxygen atoms in total. The van der Waals surface area contributed by atoms with Crippen molar-refractivity contribution in [2.24, 2.45) is 15.9 Å². The molecular formula is C24H26N4O3. The second-order valence-electron chi connectivity index (χ2n) is 10.4. The summed E-state index contributed by atoms with van der Waals surface area (Å²) >= 11 is 0. The number of H-pyrrole nitrogens is 1. The maximum atomic E-state index is 12.7. The first kappa shape index (κ1) is 17.2. The lowest BCUT2D eigenvalue weighted by atomic mass is 9.49. The minimum atomic E-state index is -0.952. The highest BCUT2D eigenvalue weighted by Crippen LogP contribution is 2.68. The highest BCUT2D eigenvalue weighted by molar-refractivity contribution is 5.64. The van der Waals surface area contributed by atoms with E-state index in [0.717, 1.165) is 59.5 Å². The van der Waals surface area contributed by atoms with Crippen molar-refractivity contribution in [3.63, 3.8) is 0 Å². The molecule has 1 spiro atoms. The van der Waals surface area contributed by atoms with Crippen LogP contribution in [0.25, 0.3) is 0 Å². The Labute approximate surface area is 179 Å². The van der Waals surface area contributed by atoms with E-state index in [9.17, 15) is 10.2 Å². The van der Waals surface area contributed by atoms with Gasteiger partial charge in [0.15, 0.2) is 23.1 Å². The predicted molar refractivity (Wildman–Crippen MR) is 111 cm³/mol. The zero-order valence-corrected chi connectivity index (χ0v) is 17.4. The van der Waals surface area contributed by atoms with Gasteiger partial charge < -0.3 is 19.9 Å². The monoisotopic (exact) mass is 418 g/mol. The Morgan fingerprint density at radius 2 is 2.10 bits per heavy atom. The van der Waals surface area contributed by atoms with Crippen LogP contribution in [0.1, 0.15) is 47.8 Å². The summed E-state index contributed by atoms with van der Waals surface area (Å²) < 4.78 is 6.56. The summed E-state index contributed by atoms with van der Waals surface area (Å²) in [7, 11) is 0. The van der Waals surface area contributed by atoms with E-state index in [1.807, 2.05) is 0 Å². The second-order valence-corrected chi connectivity index (χ2v) is 10.4. The van der Waals surface area contributed by atoms with Gasteiger partial charge in [0.1, 0.15) is 5.36 Å². The second kappa shape index (κ2) is 5.33. The number of fused-ring (bicyclic) bond motifs is 4. The molecule has 4 heterocycles. The summed E-state index contributed by atoms with van der Waals surface area (Å²) in [6.45, 7) is 3.42. The van der Waals surface area contributed by atoms with Crippen LogP contribution < -0.4 is 15.6 Å². The number of benzene rings is 1. The molecule has 3 aliphatic carbocycles. The van der Waals surface area contributed by atoms with E-state index >= 15 is 0 Å². The Morgan fingerprint density at radius 1 is 1.23 bits per heavy atom. The molecule has 2 aromatic rings. The number of ether oxygens (including phenoxy) is 1. The largest absolute Gasteiger partial charge is 0.504 e. The Bertz CT molecular complexity index is 1280. The Balaban J connectivity index is 1.42. The first-order chi connectivity index (χ1) is 15.1. The number of hydrogen-bond acceptors (Lipinski definition) is 6. The summed E-state index contributed by atoms with van der Waals surface area (Å²) in [5, 5.41) is 24.3. The number of hydrogen-bond donors (Lipinski definition) is 3. The van der Waals surface area contributed by atoms with Crippen molar-refractivity contribution >= 4 is 0 Å². The van der Waals surface area contributed by atoms with Crippen LogP contribution in [0.4, 0.5) is 0 Å². The number of aromatic amines is 1. The van der Waals surface area contributed by atoms with Gasteiger partial charge in [-0.25, -0.2) is 0 Å². The fourth-order valence-electron chi connectivity index (χ4n) is 7.48. The summed E-state index contributed by atoms with van der Waals surface area (Å²) in [4.78, 5) is 15.5. The smallest absolute Gasteiger partial charge is 0.166 e. The van der Waals surface area contributed by atoms with Crippen LogP contribution in [-0.2, 0) is 18.3 Å². The van der Waals surface area contributed by atoms with Gasteiger partial charge in [-0.2, -0.15) is 0 Å². The van der Waals surface area contributed by atoms with Gasteiger partial charge in [-0.05, 0) is 49.8 Å². The van der Waals surface area contributed by atoms with Crippen LogP contribution >= 0.6 is 0 Å². The maximum Gasteiger partial charge on any atom is 0.166 e. The van der Waals surface area contributed by atoms with Crippen LogP contribution in [0.3, 0.4) is 0 Å². The minimum Gasteiger partial charge on any atom is -0.504 e. The number of aliphatic hydroxyl groups is 1. The van der Waals surface area contributed by atoms with E-state index in [0.29, 0.717) is 25.3 Å². The maximum absolute atomic E-state index is 12.7. The SMILES string of the molecule is Oc1ccc2c3c1O[C@H]1c4[nH]c5c(c4C[C@@]4(O)C(C2)N(CC2CC2)CC[C@]314)=NCCN=5. The fraction of sp³-hybridized carbons (Fsp3) is 0.583. The number of phenols is 1. The third kappa shape index (κ3) is 1.86. The third-order valence-electron chi connectivity index (χ3n) is 8.95. The average molecular weight is 418 g/mol. The van der Waals surface area contributed by atoms with Crippen LogP contribution in [0.5, 0.6) is 11.5 Å². The van der Waals surface area contributed by atoms with Gasteiger partial charge in [-0.1, -0.05) is 6.07 Å². The first-order valence-electron chi connectivity index (χ1n) is 11.7. The molecule has 8 rings (SSSR count). The molecule has 3 aliphatic heterocycles. The van der Waals surface area contributed by atoms with Gasteiger partial charge in [-0.3, -0.25) is 14.9 Å². The number of likely N-dealkylation sites (tertiary alicyclic amines) is 1. The molecule has 1 aromatic heterocycles. The lowest BCUT2D eigenvalue weighted by Gasteiger charge is -2.62. The van der Waals surface area contributed by atoms with Crippen molar-refractivity contribution in [1.29, 1.82) is 0 Å². The molecule has 0 radical (unpaired) electrons. The third-order valence-corrected chi connectivity index (χ3v) is 8.95. The number of nitrogens with one attached hydrogen (secondary N) is 1. The van der Waals surface area contributed by atoms with Crippen LogP contribution in [0, 0.1) is 5.92 Å². The number of aromatic hydroxyl groups is 1. The standard InChI is InChI=1S/C24H26N4O3/c29-15-4-3-13-9-16-24(30)10-14-18(27-22-19(14)25-6-7-26-22)21-23(24,17(13)20(15)31-21)5-8-28(16)11-12-1-2-12/h3-4,12,16,21,29-30H,1-2,5-11H2,(H,26,27)/t16?,21-,23-,24+/m0/s1. The minimum absolute atomic E-state index is 0.0511. The molecule has 2 bridgehead atoms. The Morgan fingerprint density at radius 3 is 2.97 bits per heavy atom. The average Bonchev–Trinajstić information content (AvgIpc) is 3.40. The number of piperidine rings is 1. The van der Waals surface area contributed by atoms with Crippen molar-refractivity contribution < 1.29 is 14.9 Å². The summed E-state index contributed by atoms with van der Waals surface area (Å²) in [5.74, 6) is 1.53. The lowest BCUT2D eigenvalue weighted by molar-refractivity contribution is -0.173. The summed E-state index contributed by atoms with van der Waals surface area (Å²) in [6.07, 6.45) is 4.47. The van der Waals surface area contributed by atoms with Crippen LogP contribution in [-0.4, -0.2) is 57.9 Å². The zero-order valence-electron chi connectivity index (χ0n) is 17.4. The number of rotatable bonds is 2. The molecule has 1 unspecified atom stereocenters. The van der Waals surface area contributed by atoms with E-state index in [2.05, 4.69) is 20.9 Å². The predicted octanol–water partition coefficient (Wildman–Crippen LogP) is 0.672. The Kier molecular flexibility index (Phi) is 2.96. The van der Waals surface area contributed by atoms with Crippen molar-refractivity contribution in [3.8, 4) is 11.5 Å². The van der Waals surface area contributed by atoms with Crippen molar-refractivity contribution in [2.45, 2.75) is 55.3 Å². The number of nitrogens with zero attached hydrogens (tertiary/aromatic N) is 3. The summed E-state index contributed by atoms with van der Waals surface area (Å²) in [5.41, 5.74) is 3.67. The fourth-order valence-corrected chi connectivity index (χ4v) is 7.48. The van der Waals surface area contributed by atoms with E-state index in [4.69, 9.17) is 9.73 Å². The molecular weight excluding hydrogens is 392 g/mol. The molecule has 1 aromatic carbocycles. The zero-order chi connectivity index (χ0) is 20.5. The van der Waals surface area contributed by atoms with E-state index < -0.39 is 11.0 Å². The van der Waals surface area contributed by atoms with Crippen molar-refractivity contribution in [2.75, 3.05) is 26.2 Å². The van der Waals surface area contributed by atoms with Gasteiger partial charge >= 0.3 is 0 Å². The number of phenolic OH excluding ortho intramolecular Hbond substituents is 1. The van der Waals surface area contributed by atoms with Gasteiger partial charge in [0.2, 0.25) is 0 Å². The normalized spacial score (nSPS) is 36.5. The van der Waals surface area contributed by atoms with Crippen molar-refractivity contribution in [3.05, 3.63) is 45.4 Å². The van der Waals surface area contributed by atoms with E-state index in [1.165, 1.54) is 18.4 Å². The van der Waals surface area contributed by atoms with Gasteiger partial charge in [0.25, 0.3) is 0 Å². The molecule has 0 amide bonds. The lowest BCUT2D eigenvalue weighted by Crippen LogP contribution is -2.74. The molecule has 1 saturated heterocycles. The number of aromatic nitrogens is 1. The van der Waals surface area contributed by atoms with Crippen molar-refractivity contribution in [1.82, 2.24) is 9.88 Å². The molecule has 2 fully saturated rings. The van der Waals surface area contributed by atoms with E-state index in [-0.39, 0.29) is 17.9 Å². The molecule has 6 aliphatic rings. The Hall–Kier alpha value is -2.38. The highest BCUT2D eigenvalue weighted by atomic mass is 16.5. The topological polar surface area (TPSA) is 93.4 Å². The molecule has 4 atom stereocenters.